The van der Waals surface area contributed by atoms with E-state index in [1.807, 2.05) is 36.4 Å². The number of nitrogens with zero attached hydrogens (tertiary/aromatic N) is 5. The standard InChI is InChI=1S/C23H22N6OS/c1-15-2-3-19-20(14-15)31-23(25-19)26-22(30)17-8-12-29(13-9-17)21-5-4-18(27-28-21)16-6-10-24-11-7-16/h2-7,10-11,14,17H,8-9,12-13H2,1H3,(H,25,26,30). The van der Waals surface area contributed by atoms with Crippen LogP contribution in [0.15, 0.2) is 54.9 Å². The molecule has 1 amide bonds. The zero-order valence-electron chi connectivity index (χ0n) is 17.2. The summed E-state index contributed by atoms with van der Waals surface area (Å²) in [6.45, 7) is 3.61. The summed E-state index contributed by atoms with van der Waals surface area (Å²) in [4.78, 5) is 23.5. The Balaban J connectivity index is 1.19. The van der Waals surface area contributed by atoms with Crippen LogP contribution in [0.4, 0.5) is 10.9 Å². The van der Waals surface area contributed by atoms with Crippen molar-refractivity contribution in [3.8, 4) is 11.3 Å². The number of nitrogens with one attached hydrogen (secondary N) is 1. The quantitative estimate of drug-likeness (QED) is 0.519. The monoisotopic (exact) mass is 430 g/mol. The number of carbonyl (C=O) groups is 1. The van der Waals surface area contributed by atoms with Crippen molar-refractivity contribution < 1.29 is 4.79 Å². The van der Waals surface area contributed by atoms with Gasteiger partial charge in [0.15, 0.2) is 10.9 Å². The Morgan fingerprint density at radius 1 is 1.06 bits per heavy atom. The molecule has 0 radical (unpaired) electrons. The Labute approximate surface area is 184 Å². The first kappa shape index (κ1) is 19.6. The van der Waals surface area contributed by atoms with Crippen molar-refractivity contribution in [3.05, 3.63) is 60.4 Å². The Morgan fingerprint density at radius 2 is 1.87 bits per heavy atom. The molecule has 5 rings (SSSR count). The van der Waals surface area contributed by atoms with Gasteiger partial charge in [0, 0.05) is 37.0 Å². The molecular weight excluding hydrogens is 408 g/mol. The van der Waals surface area contributed by atoms with Gasteiger partial charge in [0.25, 0.3) is 0 Å². The van der Waals surface area contributed by atoms with Crippen LogP contribution in [0.5, 0.6) is 0 Å². The topological polar surface area (TPSA) is 83.9 Å². The average molecular weight is 431 g/mol. The summed E-state index contributed by atoms with van der Waals surface area (Å²) in [5.41, 5.74) is 3.94. The van der Waals surface area contributed by atoms with E-state index in [1.165, 1.54) is 16.9 Å². The molecule has 4 aromatic rings. The van der Waals surface area contributed by atoms with E-state index in [-0.39, 0.29) is 11.8 Å². The third kappa shape index (κ3) is 4.25. The number of amides is 1. The van der Waals surface area contributed by atoms with Gasteiger partial charge in [-0.25, -0.2) is 4.98 Å². The molecule has 0 bridgehead atoms. The second-order valence-corrected chi connectivity index (χ2v) is 8.78. The van der Waals surface area contributed by atoms with Crippen LogP contribution in [0.1, 0.15) is 18.4 Å². The van der Waals surface area contributed by atoms with Gasteiger partial charge in [-0.15, -0.1) is 10.2 Å². The lowest BCUT2D eigenvalue weighted by Gasteiger charge is -2.31. The van der Waals surface area contributed by atoms with Crippen molar-refractivity contribution in [1.29, 1.82) is 0 Å². The predicted molar refractivity (Wildman–Crippen MR) is 123 cm³/mol. The predicted octanol–water partition coefficient (Wildman–Crippen LogP) is 4.31. The number of thiazole rings is 1. The van der Waals surface area contributed by atoms with E-state index in [0.29, 0.717) is 5.13 Å². The largest absolute Gasteiger partial charge is 0.355 e. The van der Waals surface area contributed by atoms with Crippen LogP contribution in [0.25, 0.3) is 21.5 Å². The first-order valence-electron chi connectivity index (χ1n) is 10.3. The van der Waals surface area contributed by atoms with E-state index in [0.717, 1.165) is 53.2 Å². The fourth-order valence-electron chi connectivity index (χ4n) is 3.83. The number of carbonyl (C=O) groups excluding carboxylic acids is 1. The molecule has 0 saturated carbocycles. The van der Waals surface area contributed by atoms with Crippen LogP contribution in [0.3, 0.4) is 0 Å². The van der Waals surface area contributed by atoms with Gasteiger partial charge in [0.2, 0.25) is 5.91 Å². The summed E-state index contributed by atoms with van der Waals surface area (Å²) in [6, 6.07) is 13.9. The highest BCUT2D eigenvalue weighted by molar-refractivity contribution is 7.22. The number of aryl methyl sites for hydroxylation is 1. The van der Waals surface area contributed by atoms with E-state index >= 15 is 0 Å². The second kappa shape index (κ2) is 8.39. The lowest BCUT2D eigenvalue weighted by atomic mass is 9.96. The molecule has 1 fully saturated rings. The third-order valence-electron chi connectivity index (χ3n) is 5.59. The summed E-state index contributed by atoms with van der Waals surface area (Å²) >= 11 is 1.53. The molecule has 7 nitrogen and oxygen atoms in total. The van der Waals surface area contributed by atoms with Gasteiger partial charge in [-0.2, -0.15) is 0 Å². The highest BCUT2D eigenvalue weighted by Crippen LogP contribution is 2.29. The highest BCUT2D eigenvalue weighted by Gasteiger charge is 2.26. The number of fused-ring (bicyclic) bond motifs is 1. The van der Waals surface area contributed by atoms with Crippen molar-refractivity contribution in [2.45, 2.75) is 19.8 Å². The molecule has 1 aromatic carbocycles. The molecule has 0 aliphatic carbocycles. The maximum absolute atomic E-state index is 12.8. The van der Waals surface area contributed by atoms with E-state index in [9.17, 15) is 4.79 Å². The molecule has 0 unspecified atom stereocenters. The van der Waals surface area contributed by atoms with Gasteiger partial charge < -0.3 is 10.2 Å². The molecule has 4 heterocycles. The number of pyridine rings is 1. The normalized spacial score (nSPS) is 14.7. The molecule has 1 aliphatic rings. The van der Waals surface area contributed by atoms with Gasteiger partial charge >= 0.3 is 0 Å². The fourth-order valence-corrected chi connectivity index (χ4v) is 4.80. The summed E-state index contributed by atoms with van der Waals surface area (Å²) in [5.74, 6) is 0.877. The van der Waals surface area contributed by atoms with E-state index in [2.05, 4.69) is 43.4 Å². The zero-order valence-corrected chi connectivity index (χ0v) is 18.0. The van der Waals surface area contributed by atoms with Crippen molar-refractivity contribution in [3.63, 3.8) is 0 Å². The van der Waals surface area contributed by atoms with Crippen LogP contribution in [0.2, 0.25) is 0 Å². The van der Waals surface area contributed by atoms with Crippen LogP contribution >= 0.6 is 11.3 Å². The van der Waals surface area contributed by atoms with Crippen molar-refractivity contribution in [2.75, 3.05) is 23.3 Å². The van der Waals surface area contributed by atoms with E-state index in [4.69, 9.17) is 0 Å². The van der Waals surface area contributed by atoms with Crippen LogP contribution < -0.4 is 10.2 Å². The van der Waals surface area contributed by atoms with Crippen molar-refractivity contribution >= 4 is 38.4 Å². The Hall–Kier alpha value is -3.39. The summed E-state index contributed by atoms with van der Waals surface area (Å²) in [7, 11) is 0. The van der Waals surface area contributed by atoms with Crippen molar-refractivity contribution in [2.24, 2.45) is 5.92 Å². The third-order valence-corrected chi connectivity index (χ3v) is 6.52. The molecule has 31 heavy (non-hydrogen) atoms. The van der Waals surface area contributed by atoms with E-state index in [1.54, 1.807) is 12.4 Å². The maximum atomic E-state index is 12.8. The lowest BCUT2D eigenvalue weighted by Crippen LogP contribution is -2.38. The number of benzene rings is 1. The summed E-state index contributed by atoms with van der Waals surface area (Å²) in [6.07, 6.45) is 5.06. The highest BCUT2D eigenvalue weighted by atomic mass is 32.1. The molecule has 1 aliphatic heterocycles. The number of aromatic nitrogens is 4. The maximum Gasteiger partial charge on any atom is 0.229 e. The minimum Gasteiger partial charge on any atom is -0.355 e. The fraction of sp³-hybridized carbons (Fsp3) is 0.261. The minimum absolute atomic E-state index is 0.0194. The Morgan fingerprint density at radius 3 is 2.61 bits per heavy atom. The molecule has 3 aromatic heterocycles. The number of rotatable bonds is 4. The molecular formula is C23H22N6OS. The van der Waals surface area contributed by atoms with Gasteiger partial charge in [0.1, 0.15) is 0 Å². The van der Waals surface area contributed by atoms with Gasteiger partial charge in [-0.3, -0.25) is 9.78 Å². The van der Waals surface area contributed by atoms with Gasteiger partial charge in [0.05, 0.1) is 15.9 Å². The van der Waals surface area contributed by atoms with Crippen LogP contribution in [-0.2, 0) is 4.79 Å². The van der Waals surface area contributed by atoms with Gasteiger partial charge in [-0.1, -0.05) is 17.4 Å². The Kier molecular flexibility index (Phi) is 5.30. The second-order valence-electron chi connectivity index (χ2n) is 7.75. The van der Waals surface area contributed by atoms with Crippen molar-refractivity contribution in [1.82, 2.24) is 20.2 Å². The smallest absolute Gasteiger partial charge is 0.229 e. The average Bonchev–Trinajstić information content (AvgIpc) is 3.21. The molecule has 0 spiro atoms. The molecule has 8 heteroatoms. The first-order valence-corrected chi connectivity index (χ1v) is 11.1. The summed E-state index contributed by atoms with van der Waals surface area (Å²) in [5, 5.41) is 12.4. The SMILES string of the molecule is Cc1ccc2nc(NC(=O)C3CCN(c4ccc(-c5ccncc5)nn4)CC3)sc2c1. The molecule has 156 valence electrons. The first-order chi connectivity index (χ1) is 15.2. The van der Waals surface area contributed by atoms with Crippen LogP contribution in [-0.4, -0.2) is 39.2 Å². The minimum atomic E-state index is -0.0194. The number of anilines is 2. The zero-order chi connectivity index (χ0) is 21.2. The summed E-state index contributed by atoms with van der Waals surface area (Å²) < 4.78 is 1.10. The lowest BCUT2D eigenvalue weighted by molar-refractivity contribution is -0.120. The van der Waals surface area contributed by atoms with Crippen LogP contribution in [0, 0.1) is 12.8 Å². The number of hydrogen-bond donors (Lipinski definition) is 1. The number of hydrogen-bond acceptors (Lipinski definition) is 7. The Bertz CT molecular complexity index is 1200. The molecule has 1 saturated heterocycles. The molecule has 1 N–H and O–H groups in total. The molecule has 0 atom stereocenters. The van der Waals surface area contributed by atoms with E-state index < -0.39 is 0 Å². The number of piperidine rings is 1. The van der Waals surface area contributed by atoms with Gasteiger partial charge in [-0.05, 0) is 61.7 Å².